The van der Waals surface area contributed by atoms with Gasteiger partial charge in [-0.15, -0.1) is 0 Å². The number of sulfonamides is 1. The summed E-state index contributed by atoms with van der Waals surface area (Å²) in [6.07, 6.45) is 2.95. The summed E-state index contributed by atoms with van der Waals surface area (Å²) in [7, 11) is -3.69. The van der Waals surface area contributed by atoms with E-state index in [-0.39, 0.29) is 11.4 Å². The minimum atomic E-state index is -3.69. The van der Waals surface area contributed by atoms with Crippen LogP contribution in [-0.2, 0) is 14.8 Å². The number of aryl methyl sites for hydroxylation is 1. The summed E-state index contributed by atoms with van der Waals surface area (Å²) in [5.41, 5.74) is 3.53. The van der Waals surface area contributed by atoms with E-state index in [0.717, 1.165) is 22.6 Å². The average Bonchev–Trinajstić information content (AvgIpc) is 3.03. The summed E-state index contributed by atoms with van der Waals surface area (Å²) in [4.78, 5) is 4.16. The molecule has 1 aromatic carbocycles. The highest BCUT2D eigenvalue weighted by Gasteiger charge is 2.38. The lowest BCUT2D eigenvalue weighted by Crippen LogP contribution is -2.43. The molecule has 1 atom stereocenters. The predicted molar refractivity (Wildman–Crippen MR) is 105 cm³/mol. The SMILES string of the molecule is Cc1nn(-c2ccccc2)c(C)c1[C@H]1COCCN1S(=O)(=O)c1cccnc1. The summed E-state index contributed by atoms with van der Waals surface area (Å²) in [5, 5.41) is 4.67. The second-order valence-corrected chi connectivity index (χ2v) is 8.62. The minimum absolute atomic E-state index is 0.188. The molecule has 0 amide bonds. The second-order valence-electron chi connectivity index (χ2n) is 6.73. The number of nitrogens with zero attached hydrogens (tertiary/aromatic N) is 4. The van der Waals surface area contributed by atoms with Crippen LogP contribution in [0.3, 0.4) is 0 Å². The summed E-state index contributed by atoms with van der Waals surface area (Å²) in [6.45, 7) is 4.82. The van der Waals surface area contributed by atoms with Crippen molar-refractivity contribution in [3.05, 3.63) is 71.8 Å². The van der Waals surface area contributed by atoms with Crippen LogP contribution in [0.4, 0.5) is 0 Å². The largest absolute Gasteiger partial charge is 0.378 e. The highest BCUT2D eigenvalue weighted by Crippen LogP contribution is 2.34. The van der Waals surface area contributed by atoms with E-state index >= 15 is 0 Å². The third-order valence-electron chi connectivity index (χ3n) is 5.00. The molecule has 7 nitrogen and oxygen atoms in total. The van der Waals surface area contributed by atoms with Crippen molar-refractivity contribution in [2.45, 2.75) is 24.8 Å². The van der Waals surface area contributed by atoms with E-state index in [9.17, 15) is 8.42 Å². The number of pyridine rings is 1. The smallest absolute Gasteiger partial charge is 0.245 e. The Hall–Kier alpha value is -2.55. The monoisotopic (exact) mass is 398 g/mol. The molecule has 1 saturated heterocycles. The fraction of sp³-hybridized carbons (Fsp3) is 0.300. The summed E-state index contributed by atoms with van der Waals surface area (Å²) in [6, 6.07) is 12.6. The molecular formula is C20H22N4O3S. The number of hydrogen-bond acceptors (Lipinski definition) is 5. The molecule has 0 N–H and O–H groups in total. The van der Waals surface area contributed by atoms with Gasteiger partial charge in [-0.1, -0.05) is 18.2 Å². The van der Waals surface area contributed by atoms with Gasteiger partial charge in [0.25, 0.3) is 0 Å². The van der Waals surface area contributed by atoms with Crippen LogP contribution >= 0.6 is 0 Å². The Morgan fingerprint density at radius 1 is 1.11 bits per heavy atom. The van der Waals surface area contributed by atoms with Crippen LogP contribution in [0.5, 0.6) is 0 Å². The quantitative estimate of drug-likeness (QED) is 0.675. The van der Waals surface area contributed by atoms with Gasteiger partial charge in [-0.05, 0) is 38.1 Å². The van der Waals surface area contributed by atoms with Crippen LogP contribution in [-0.4, -0.2) is 47.2 Å². The van der Waals surface area contributed by atoms with E-state index in [0.29, 0.717) is 13.2 Å². The maximum absolute atomic E-state index is 13.3. The summed E-state index contributed by atoms with van der Waals surface area (Å²) < 4.78 is 35.6. The van der Waals surface area contributed by atoms with Crippen molar-refractivity contribution in [1.29, 1.82) is 0 Å². The molecule has 1 aliphatic rings. The molecule has 1 aliphatic heterocycles. The Kier molecular flexibility index (Phi) is 5.01. The standard InChI is InChI=1S/C20H22N4O3S/c1-15-20(16(2)24(22-15)17-7-4-3-5-8-17)19-14-27-12-11-23(19)28(25,26)18-9-6-10-21-13-18/h3-10,13,19H,11-12,14H2,1-2H3/t19-/m1/s1. The first-order chi connectivity index (χ1) is 13.5. The molecule has 146 valence electrons. The van der Waals surface area contributed by atoms with Crippen molar-refractivity contribution in [3.63, 3.8) is 0 Å². The van der Waals surface area contributed by atoms with Crippen molar-refractivity contribution < 1.29 is 13.2 Å². The molecular weight excluding hydrogens is 376 g/mol. The van der Waals surface area contributed by atoms with E-state index in [4.69, 9.17) is 4.74 Å². The molecule has 0 aliphatic carbocycles. The number of ether oxygens (including phenoxy) is 1. The van der Waals surface area contributed by atoms with Crippen molar-refractivity contribution in [2.75, 3.05) is 19.8 Å². The van der Waals surface area contributed by atoms with E-state index in [1.165, 1.54) is 10.5 Å². The van der Waals surface area contributed by atoms with Gasteiger partial charge < -0.3 is 4.74 Å². The topological polar surface area (TPSA) is 77.3 Å². The third kappa shape index (κ3) is 3.23. The van der Waals surface area contributed by atoms with Crippen molar-refractivity contribution in [3.8, 4) is 5.69 Å². The Labute approximate surface area is 164 Å². The zero-order chi connectivity index (χ0) is 19.7. The van der Waals surface area contributed by atoms with Gasteiger partial charge >= 0.3 is 0 Å². The first-order valence-electron chi connectivity index (χ1n) is 9.11. The lowest BCUT2D eigenvalue weighted by atomic mass is 10.0. The van der Waals surface area contributed by atoms with E-state index in [1.807, 2.05) is 48.9 Å². The number of para-hydroxylation sites is 1. The second kappa shape index (κ2) is 7.46. The predicted octanol–water partition coefficient (Wildman–Crippen LogP) is 2.65. The van der Waals surface area contributed by atoms with Crippen LogP contribution in [0.2, 0.25) is 0 Å². The molecule has 3 aromatic rings. The van der Waals surface area contributed by atoms with Crippen molar-refractivity contribution in [1.82, 2.24) is 19.1 Å². The summed E-state index contributed by atoms with van der Waals surface area (Å²) in [5.74, 6) is 0. The molecule has 0 bridgehead atoms. The maximum Gasteiger partial charge on any atom is 0.245 e. The van der Waals surface area contributed by atoms with Gasteiger partial charge in [-0.2, -0.15) is 9.40 Å². The van der Waals surface area contributed by atoms with Crippen molar-refractivity contribution >= 4 is 10.0 Å². The summed E-state index contributed by atoms with van der Waals surface area (Å²) >= 11 is 0. The van der Waals surface area contributed by atoms with Gasteiger partial charge in [0.2, 0.25) is 10.0 Å². The minimum Gasteiger partial charge on any atom is -0.378 e. The molecule has 3 heterocycles. The van der Waals surface area contributed by atoms with E-state index < -0.39 is 16.1 Å². The Morgan fingerprint density at radius 3 is 2.61 bits per heavy atom. The normalized spacial score (nSPS) is 18.3. The zero-order valence-corrected chi connectivity index (χ0v) is 16.6. The van der Waals surface area contributed by atoms with Crippen molar-refractivity contribution in [2.24, 2.45) is 0 Å². The average molecular weight is 398 g/mol. The third-order valence-corrected chi connectivity index (χ3v) is 6.89. The Morgan fingerprint density at radius 2 is 1.89 bits per heavy atom. The first-order valence-corrected chi connectivity index (χ1v) is 10.6. The molecule has 0 spiro atoms. The highest BCUT2D eigenvalue weighted by molar-refractivity contribution is 7.89. The van der Waals surface area contributed by atoms with Crippen LogP contribution in [0, 0.1) is 13.8 Å². The molecule has 0 unspecified atom stereocenters. The van der Waals surface area contributed by atoms with Gasteiger partial charge in [0.15, 0.2) is 0 Å². The van der Waals surface area contributed by atoms with E-state index in [1.54, 1.807) is 18.3 Å². The number of rotatable bonds is 4. The van der Waals surface area contributed by atoms with Crippen LogP contribution in [0.25, 0.3) is 5.69 Å². The Bertz CT molecular complexity index is 1070. The lowest BCUT2D eigenvalue weighted by Gasteiger charge is -2.34. The highest BCUT2D eigenvalue weighted by atomic mass is 32.2. The fourth-order valence-corrected chi connectivity index (χ4v) is 5.23. The van der Waals surface area contributed by atoms with Gasteiger partial charge in [0.05, 0.1) is 30.6 Å². The molecule has 0 radical (unpaired) electrons. The number of aromatic nitrogens is 3. The van der Waals surface area contributed by atoms with Gasteiger partial charge in [0.1, 0.15) is 4.90 Å². The molecule has 8 heteroatoms. The maximum atomic E-state index is 13.3. The number of hydrogen-bond donors (Lipinski definition) is 0. The van der Waals surface area contributed by atoms with Gasteiger partial charge in [0, 0.05) is 30.2 Å². The van der Waals surface area contributed by atoms with E-state index in [2.05, 4.69) is 10.1 Å². The number of benzene rings is 1. The zero-order valence-electron chi connectivity index (χ0n) is 15.8. The van der Waals surface area contributed by atoms with Gasteiger partial charge in [-0.3, -0.25) is 4.98 Å². The number of morpholine rings is 1. The Balaban J connectivity index is 1.78. The molecule has 0 saturated carbocycles. The fourth-order valence-electron chi connectivity index (χ4n) is 3.70. The van der Waals surface area contributed by atoms with Crippen LogP contribution in [0.1, 0.15) is 23.0 Å². The van der Waals surface area contributed by atoms with Crippen LogP contribution in [0.15, 0.2) is 59.8 Å². The van der Waals surface area contributed by atoms with Gasteiger partial charge in [-0.25, -0.2) is 13.1 Å². The molecule has 1 fully saturated rings. The molecule has 2 aromatic heterocycles. The van der Waals surface area contributed by atoms with Crippen LogP contribution < -0.4 is 0 Å². The molecule has 4 rings (SSSR count). The first kappa shape index (κ1) is 18.8. The molecule has 28 heavy (non-hydrogen) atoms. The lowest BCUT2D eigenvalue weighted by molar-refractivity contribution is 0.0316.